The Morgan fingerprint density at radius 3 is 2.87 bits per heavy atom. The van der Waals surface area contributed by atoms with Gasteiger partial charge >= 0.3 is 5.69 Å². The van der Waals surface area contributed by atoms with Crippen molar-refractivity contribution in [2.24, 2.45) is 0 Å². The number of fused-ring (bicyclic) bond motifs is 1. The summed E-state index contributed by atoms with van der Waals surface area (Å²) in [6.07, 6.45) is 1.21. The van der Waals surface area contributed by atoms with Gasteiger partial charge in [-0.15, -0.1) is 0 Å². The minimum absolute atomic E-state index is 0.0511. The summed E-state index contributed by atoms with van der Waals surface area (Å²) >= 11 is 8.97. The van der Waals surface area contributed by atoms with Gasteiger partial charge in [0.05, 0.1) is 10.4 Å². The molecule has 0 spiro atoms. The fraction of sp³-hybridized carbons (Fsp3) is 0. The molecule has 2 aromatic rings. The van der Waals surface area contributed by atoms with Gasteiger partial charge in [0.2, 0.25) is 0 Å². The fourth-order valence-corrected chi connectivity index (χ4v) is 2.00. The number of aromatic nitrogens is 1. The van der Waals surface area contributed by atoms with E-state index in [1.807, 2.05) is 0 Å². The quantitative estimate of drug-likeness (QED) is 0.595. The van der Waals surface area contributed by atoms with Crippen molar-refractivity contribution in [3.05, 3.63) is 44.0 Å². The zero-order valence-corrected chi connectivity index (χ0v) is 9.62. The van der Waals surface area contributed by atoms with E-state index >= 15 is 0 Å². The molecule has 0 radical (unpaired) electrons. The van der Waals surface area contributed by atoms with Gasteiger partial charge in [-0.1, -0.05) is 11.6 Å². The standard InChI is InChI=1S/C9H4BrClN2O2/c10-9-6-2-1-5(11)3-7(6)12-4-8(9)13(14)15/h1-4H. The van der Waals surface area contributed by atoms with Crippen molar-refractivity contribution in [2.45, 2.75) is 0 Å². The molecule has 1 aromatic heterocycles. The van der Waals surface area contributed by atoms with Crippen LogP contribution in [0.1, 0.15) is 0 Å². The predicted molar refractivity (Wildman–Crippen MR) is 61.1 cm³/mol. The normalized spacial score (nSPS) is 10.5. The number of pyridine rings is 1. The molecule has 6 heteroatoms. The van der Waals surface area contributed by atoms with Crippen LogP contribution in [-0.2, 0) is 0 Å². The van der Waals surface area contributed by atoms with E-state index in [9.17, 15) is 10.1 Å². The van der Waals surface area contributed by atoms with E-state index in [0.717, 1.165) is 0 Å². The summed E-state index contributed by atoms with van der Waals surface area (Å²) in [5.74, 6) is 0. The lowest BCUT2D eigenvalue weighted by atomic mass is 10.2. The van der Waals surface area contributed by atoms with Crippen LogP contribution >= 0.6 is 27.5 Å². The van der Waals surface area contributed by atoms with Crippen LogP contribution in [0.3, 0.4) is 0 Å². The maximum Gasteiger partial charge on any atom is 0.302 e. The third-order valence-corrected chi connectivity index (χ3v) is 3.01. The third kappa shape index (κ3) is 1.80. The van der Waals surface area contributed by atoms with Gasteiger partial charge < -0.3 is 0 Å². The van der Waals surface area contributed by atoms with E-state index in [0.29, 0.717) is 20.4 Å². The van der Waals surface area contributed by atoms with E-state index in [1.54, 1.807) is 18.2 Å². The van der Waals surface area contributed by atoms with Crippen LogP contribution in [0, 0.1) is 10.1 Å². The molecule has 76 valence electrons. The molecule has 0 amide bonds. The van der Waals surface area contributed by atoms with Gasteiger partial charge in [-0.3, -0.25) is 10.1 Å². The van der Waals surface area contributed by atoms with Gasteiger partial charge in [0.25, 0.3) is 0 Å². The van der Waals surface area contributed by atoms with Crippen LogP contribution in [-0.4, -0.2) is 9.91 Å². The summed E-state index contributed by atoms with van der Waals surface area (Å²) < 4.78 is 0.425. The van der Waals surface area contributed by atoms with Crippen LogP contribution in [0.4, 0.5) is 5.69 Å². The molecule has 1 aromatic carbocycles. The molecule has 0 saturated heterocycles. The summed E-state index contributed by atoms with van der Waals surface area (Å²) in [5, 5.41) is 11.9. The molecular weight excluding hydrogens is 283 g/mol. The minimum Gasteiger partial charge on any atom is -0.258 e. The highest BCUT2D eigenvalue weighted by molar-refractivity contribution is 9.10. The second-order valence-electron chi connectivity index (χ2n) is 2.88. The van der Waals surface area contributed by atoms with Crippen LogP contribution in [0.2, 0.25) is 5.02 Å². The maximum atomic E-state index is 10.6. The van der Waals surface area contributed by atoms with E-state index in [1.165, 1.54) is 6.20 Å². The van der Waals surface area contributed by atoms with Crippen molar-refractivity contribution in [1.29, 1.82) is 0 Å². The summed E-state index contributed by atoms with van der Waals surface area (Å²) in [4.78, 5) is 14.1. The summed E-state index contributed by atoms with van der Waals surface area (Å²) in [5.41, 5.74) is 0.574. The molecule has 0 aliphatic carbocycles. The molecule has 2 rings (SSSR count). The van der Waals surface area contributed by atoms with Gasteiger partial charge in [-0.25, -0.2) is 4.98 Å². The number of nitro groups is 1. The van der Waals surface area contributed by atoms with E-state index in [4.69, 9.17) is 11.6 Å². The molecule has 4 nitrogen and oxygen atoms in total. The average molecular weight is 288 g/mol. The highest BCUT2D eigenvalue weighted by atomic mass is 79.9. The molecule has 1 heterocycles. The van der Waals surface area contributed by atoms with Gasteiger partial charge in [0.1, 0.15) is 10.7 Å². The predicted octanol–water partition coefficient (Wildman–Crippen LogP) is 3.56. The maximum absolute atomic E-state index is 10.6. The molecule has 0 aliphatic rings. The molecule has 0 fully saturated rings. The van der Waals surface area contributed by atoms with Crippen LogP contribution in [0.5, 0.6) is 0 Å². The first-order chi connectivity index (χ1) is 7.09. The third-order valence-electron chi connectivity index (χ3n) is 1.94. The lowest BCUT2D eigenvalue weighted by molar-refractivity contribution is -0.385. The molecule has 15 heavy (non-hydrogen) atoms. The number of benzene rings is 1. The lowest BCUT2D eigenvalue weighted by Crippen LogP contribution is -1.91. The Hall–Kier alpha value is -1.20. The van der Waals surface area contributed by atoms with Crippen molar-refractivity contribution in [3.8, 4) is 0 Å². The van der Waals surface area contributed by atoms with Gasteiger partial charge in [-0.2, -0.15) is 0 Å². The van der Waals surface area contributed by atoms with E-state index < -0.39 is 4.92 Å². The second kappa shape index (κ2) is 3.75. The molecule has 0 aliphatic heterocycles. The van der Waals surface area contributed by atoms with E-state index in [-0.39, 0.29) is 5.69 Å². The number of halogens is 2. The first kappa shape index (κ1) is 10.3. The van der Waals surface area contributed by atoms with Gasteiger partial charge in [0, 0.05) is 10.4 Å². The minimum atomic E-state index is -0.481. The average Bonchev–Trinajstić information content (AvgIpc) is 2.17. The molecule has 0 N–H and O–H groups in total. The highest BCUT2D eigenvalue weighted by Crippen LogP contribution is 2.32. The molecule has 0 atom stereocenters. The highest BCUT2D eigenvalue weighted by Gasteiger charge is 2.15. The van der Waals surface area contributed by atoms with Crippen LogP contribution < -0.4 is 0 Å². The second-order valence-corrected chi connectivity index (χ2v) is 4.11. The van der Waals surface area contributed by atoms with Crippen molar-refractivity contribution in [1.82, 2.24) is 4.98 Å². The Balaban J connectivity index is 2.80. The molecular formula is C9H4BrClN2O2. The fourth-order valence-electron chi connectivity index (χ4n) is 1.25. The first-order valence-electron chi connectivity index (χ1n) is 3.98. The first-order valence-corrected chi connectivity index (χ1v) is 5.15. The Morgan fingerprint density at radius 1 is 1.47 bits per heavy atom. The molecule has 0 saturated carbocycles. The Morgan fingerprint density at radius 2 is 2.20 bits per heavy atom. The van der Waals surface area contributed by atoms with Crippen molar-refractivity contribution >= 4 is 44.1 Å². The van der Waals surface area contributed by atoms with Crippen molar-refractivity contribution in [2.75, 3.05) is 0 Å². The molecule has 0 unspecified atom stereocenters. The zero-order valence-electron chi connectivity index (χ0n) is 7.28. The number of hydrogen-bond donors (Lipinski definition) is 0. The Kier molecular flexibility index (Phi) is 2.58. The summed E-state index contributed by atoms with van der Waals surface area (Å²) in [6, 6.07) is 5.02. The number of nitrogens with zero attached hydrogens (tertiary/aromatic N) is 2. The number of rotatable bonds is 1. The summed E-state index contributed by atoms with van der Waals surface area (Å²) in [7, 11) is 0. The number of hydrogen-bond acceptors (Lipinski definition) is 3. The van der Waals surface area contributed by atoms with E-state index in [2.05, 4.69) is 20.9 Å². The Labute approximate surface area is 98.2 Å². The van der Waals surface area contributed by atoms with Crippen LogP contribution in [0.25, 0.3) is 10.9 Å². The van der Waals surface area contributed by atoms with Gasteiger partial charge in [-0.05, 0) is 34.1 Å². The van der Waals surface area contributed by atoms with Crippen molar-refractivity contribution < 1.29 is 4.92 Å². The molecule has 0 bridgehead atoms. The van der Waals surface area contributed by atoms with Crippen molar-refractivity contribution in [3.63, 3.8) is 0 Å². The Bertz CT molecular complexity index is 559. The monoisotopic (exact) mass is 286 g/mol. The van der Waals surface area contributed by atoms with Gasteiger partial charge in [0.15, 0.2) is 0 Å². The smallest absolute Gasteiger partial charge is 0.258 e. The zero-order chi connectivity index (χ0) is 11.0. The SMILES string of the molecule is O=[N+]([O-])c1cnc2cc(Cl)ccc2c1Br. The topological polar surface area (TPSA) is 56.0 Å². The summed E-state index contributed by atoms with van der Waals surface area (Å²) in [6.45, 7) is 0. The van der Waals surface area contributed by atoms with Crippen LogP contribution in [0.15, 0.2) is 28.9 Å². The lowest BCUT2D eigenvalue weighted by Gasteiger charge is -2.01. The largest absolute Gasteiger partial charge is 0.302 e.